The molecular weight excluding hydrogens is 234 g/mol. The molecule has 2 nitrogen and oxygen atoms in total. The van der Waals surface area contributed by atoms with E-state index < -0.39 is 5.60 Å². The zero-order valence-corrected chi connectivity index (χ0v) is 11.6. The first-order chi connectivity index (χ1) is 7.91. The first kappa shape index (κ1) is 14.5. The predicted octanol–water partition coefficient (Wildman–Crippen LogP) is 3.23. The van der Waals surface area contributed by atoms with Crippen LogP contribution in [-0.2, 0) is 6.54 Å². The molecule has 1 unspecified atom stereocenters. The van der Waals surface area contributed by atoms with E-state index in [0.717, 1.165) is 17.0 Å². The molecule has 0 aliphatic heterocycles. The van der Waals surface area contributed by atoms with Crippen molar-refractivity contribution in [1.29, 1.82) is 0 Å². The van der Waals surface area contributed by atoms with Gasteiger partial charge in [0.2, 0.25) is 0 Å². The molecular formula is C14H22ClNO. The summed E-state index contributed by atoms with van der Waals surface area (Å²) in [6, 6.07) is 7.76. The van der Waals surface area contributed by atoms with Crippen molar-refractivity contribution in [2.24, 2.45) is 5.92 Å². The maximum Gasteiger partial charge on any atom is 0.0746 e. The lowest BCUT2D eigenvalue weighted by molar-refractivity contribution is 0.0383. The minimum Gasteiger partial charge on any atom is -0.389 e. The lowest BCUT2D eigenvalue weighted by atomic mass is 9.94. The molecule has 1 aromatic carbocycles. The Bertz CT molecular complexity index is 350. The van der Waals surface area contributed by atoms with Gasteiger partial charge in [-0.3, -0.25) is 0 Å². The fraction of sp³-hybridized carbons (Fsp3) is 0.571. The zero-order valence-electron chi connectivity index (χ0n) is 10.8. The molecule has 0 aliphatic carbocycles. The lowest BCUT2D eigenvalue weighted by Gasteiger charge is -2.25. The van der Waals surface area contributed by atoms with Crippen molar-refractivity contribution in [3.8, 4) is 0 Å². The molecule has 3 heteroatoms. The van der Waals surface area contributed by atoms with Gasteiger partial charge in [-0.1, -0.05) is 43.6 Å². The van der Waals surface area contributed by atoms with Crippen molar-refractivity contribution in [2.75, 3.05) is 6.54 Å². The molecule has 0 heterocycles. The second-order valence-electron chi connectivity index (χ2n) is 5.29. The zero-order chi connectivity index (χ0) is 12.9. The molecule has 0 spiro atoms. The molecule has 0 saturated carbocycles. The number of hydrogen-bond acceptors (Lipinski definition) is 2. The number of aliphatic hydroxyl groups is 1. The minimum atomic E-state index is -0.657. The summed E-state index contributed by atoms with van der Waals surface area (Å²) in [6.07, 6.45) is 0.794. The second kappa shape index (κ2) is 6.39. The molecule has 0 aromatic heterocycles. The van der Waals surface area contributed by atoms with Crippen LogP contribution < -0.4 is 5.32 Å². The average Bonchev–Trinajstić information content (AvgIpc) is 2.18. The molecule has 0 saturated heterocycles. The van der Waals surface area contributed by atoms with E-state index in [2.05, 4.69) is 19.2 Å². The molecule has 0 radical (unpaired) electrons. The van der Waals surface area contributed by atoms with Crippen LogP contribution in [0.25, 0.3) is 0 Å². The van der Waals surface area contributed by atoms with Crippen molar-refractivity contribution < 1.29 is 5.11 Å². The van der Waals surface area contributed by atoms with Gasteiger partial charge in [0, 0.05) is 18.1 Å². The third-order valence-electron chi connectivity index (χ3n) is 2.63. The van der Waals surface area contributed by atoms with E-state index in [0.29, 0.717) is 19.0 Å². The normalized spacial score (nSPS) is 14.9. The Hall–Kier alpha value is -0.570. The fourth-order valence-corrected chi connectivity index (χ4v) is 2.26. The van der Waals surface area contributed by atoms with Gasteiger partial charge in [-0.05, 0) is 30.9 Å². The van der Waals surface area contributed by atoms with Gasteiger partial charge in [-0.2, -0.15) is 0 Å². The van der Waals surface area contributed by atoms with E-state index in [1.807, 2.05) is 31.2 Å². The highest BCUT2D eigenvalue weighted by Gasteiger charge is 2.21. The van der Waals surface area contributed by atoms with Gasteiger partial charge in [0.15, 0.2) is 0 Å². The number of benzene rings is 1. The maximum atomic E-state index is 10.1. The van der Waals surface area contributed by atoms with Crippen molar-refractivity contribution in [2.45, 2.75) is 39.3 Å². The largest absolute Gasteiger partial charge is 0.389 e. The van der Waals surface area contributed by atoms with Gasteiger partial charge in [0.25, 0.3) is 0 Å². The van der Waals surface area contributed by atoms with Crippen molar-refractivity contribution >= 4 is 11.6 Å². The number of halogens is 1. The van der Waals surface area contributed by atoms with E-state index in [4.69, 9.17) is 11.6 Å². The van der Waals surface area contributed by atoms with E-state index in [9.17, 15) is 5.11 Å². The van der Waals surface area contributed by atoms with Crippen molar-refractivity contribution in [3.05, 3.63) is 34.9 Å². The Morgan fingerprint density at radius 3 is 2.59 bits per heavy atom. The highest BCUT2D eigenvalue weighted by Crippen LogP contribution is 2.17. The molecule has 2 N–H and O–H groups in total. The highest BCUT2D eigenvalue weighted by atomic mass is 35.5. The first-order valence-electron chi connectivity index (χ1n) is 6.07. The van der Waals surface area contributed by atoms with Crippen LogP contribution in [0.5, 0.6) is 0 Å². The van der Waals surface area contributed by atoms with Gasteiger partial charge in [-0.15, -0.1) is 0 Å². The molecule has 1 aromatic rings. The van der Waals surface area contributed by atoms with E-state index in [1.54, 1.807) is 0 Å². The standard InChI is InChI=1S/C14H22ClNO/c1-11(2)8-14(3,17)10-16-9-12-6-4-5-7-13(12)15/h4-7,11,16-17H,8-10H2,1-3H3. The molecule has 0 aliphatic rings. The topological polar surface area (TPSA) is 32.3 Å². The van der Waals surface area contributed by atoms with Crippen molar-refractivity contribution in [3.63, 3.8) is 0 Å². The summed E-state index contributed by atoms with van der Waals surface area (Å²) in [5, 5.41) is 14.2. The second-order valence-corrected chi connectivity index (χ2v) is 5.70. The summed E-state index contributed by atoms with van der Waals surface area (Å²) >= 11 is 6.06. The highest BCUT2D eigenvalue weighted by molar-refractivity contribution is 6.31. The average molecular weight is 256 g/mol. The summed E-state index contributed by atoms with van der Waals surface area (Å²) in [7, 11) is 0. The molecule has 1 rings (SSSR count). The molecule has 0 amide bonds. The number of rotatable bonds is 6. The van der Waals surface area contributed by atoms with Gasteiger partial charge in [0.05, 0.1) is 5.60 Å². The SMILES string of the molecule is CC(C)CC(C)(O)CNCc1ccccc1Cl. The summed E-state index contributed by atoms with van der Waals surface area (Å²) in [5.74, 6) is 0.493. The molecule has 0 fully saturated rings. The van der Waals surface area contributed by atoms with E-state index in [1.165, 1.54) is 0 Å². The Balaban J connectivity index is 2.40. The Kier molecular flexibility index (Phi) is 5.44. The van der Waals surface area contributed by atoms with Crippen LogP contribution in [0, 0.1) is 5.92 Å². The molecule has 1 atom stereocenters. The van der Waals surface area contributed by atoms with Crippen LogP contribution in [0.2, 0.25) is 5.02 Å². The van der Waals surface area contributed by atoms with Crippen LogP contribution in [0.1, 0.15) is 32.8 Å². The molecule has 96 valence electrons. The minimum absolute atomic E-state index is 0.493. The van der Waals surface area contributed by atoms with Gasteiger partial charge < -0.3 is 10.4 Å². The predicted molar refractivity (Wildman–Crippen MR) is 73.2 cm³/mol. The smallest absolute Gasteiger partial charge is 0.0746 e. The van der Waals surface area contributed by atoms with E-state index >= 15 is 0 Å². The number of nitrogens with one attached hydrogen (secondary N) is 1. The molecule has 17 heavy (non-hydrogen) atoms. The monoisotopic (exact) mass is 255 g/mol. The first-order valence-corrected chi connectivity index (χ1v) is 6.45. The Morgan fingerprint density at radius 1 is 1.35 bits per heavy atom. The summed E-state index contributed by atoms with van der Waals surface area (Å²) < 4.78 is 0. The van der Waals surface area contributed by atoms with Crippen LogP contribution in [-0.4, -0.2) is 17.3 Å². The van der Waals surface area contributed by atoms with E-state index in [-0.39, 0.29) is 0 Å². The maximum absolute atomic E-state index is 10.1. The third-order valence-corrected chi connectivity index (χ3v) is 3.00. The summed E-state index contributed by atoms with van der Waals surface area (Å²) in [6.45, 7) is 7.36. The summed E-state index contributed by atoms with van der Waals surface area (Å²) in [4.78, 5) is 0. The van der Waals surface area contributed by atoms with Crippen LogP contribution in [0.3, 0.4) is 0 Å². The van der Waals surface area contributed by atoms with Gasteiger partial charge in [0.1, 0.15) is 0 Å². The third kappa shape index (κ3) is 5.53. The lowest BCUT2D eigenvalue weighted by Crippen LogP contribution is -2.38. The Morgan fingerprint density at radius 2 is 2.00 bits per heavy atom. The quantitative estimate of drug-likeness (QED) is 0.818. The van der Waals surface area contributed by atoms with Gasteiger partial charge in [-0.25, -0.2) is 0 Å². The fourth-order valence-electron chi connectivity index (χ4n) is 2.06. The van der Waals surface area contributed by atoms with Crippen LogP contribution >= 0.6 is 11.6 Å². The molecule has 0 bridgehead atoms. The van der Waals surface area contributed by atoms with Crippen molar-refractivity contribution in [1.82, 2.24) is 5.32 Å². The summed E-state index contributed by atoms with van der Waals surface area (Å²) in [5.41, 5.74) is 0.407. The number of hydrogen-bond donors (Lipinski definition) is 2. The van der Waals surface area contributed by atoms with Gasteiger partial charge >= 0.3 is 0 Å². The van der Waals surface area contributed by atoms with Crippen LogP contribution in [0.4, 0.5) is 0 Å². The van der Waals surface area contributed by atoms with Crippen LogP contribution in [0.15, 0.2) is 24.3 Å². The Labute approximate surface area is 109 Å².